The fourth-order valence-corrected chi connectivity index (χ4v) is 1.26. The molecular weight excluding hydrogens is 180 g/mol. The number of rotatable bonds is 2. The van der Waals surface area contributed by atoms with Gasteiger partial charge in [0.1, 0.15) is 11.5 Å². The standard InChI is InChI=1S/C10H14N2O2/c1-3-7-4-8(6(2)12-11)10(14)5-9(7)13/h4-5,13-14H,3,11H2,1-2H3/b12-6+. The third-order valence-corrected chi connectivity index (χ3v) is 2.16. The third kappa shape index (κ3) is 1.79. The number of aryl methyl sites for hydroxylation is 1. The van der Waals surface area contributed by atoms with Crippen molar-refractivity contribution >= 4 is 5.71 Å². The average Bonchev–Trinajstić information content (AvgIpc) is 2.17. The molecule has 0 saturated heterocycles. The summed E-state index contributed by atoms with van der Waals surface area (Å²) >= 11 is 0. The van der Waals surface area contributed by atoms with Crippen molar-refractivity contribution in [3.8, 4) is 11.5 Å². The normalized spacial score (nSPS) is 11.7. The lowest BCUT2D eigenvalue weighted by Gasteiger charge is -2.07. The molecule has 0 aliphatic rings. The summed E-state index contributed by atoms with van der Waals surface area (Å²) in [7, 11) is 0. The Balaban J connectivity index is 3.31. The molecule has 14 heavy (non-hydrogen) atoms. The highest BCUT2D eigenvalue weighted by atomic mass is 16.3. The van der Waals surface area contributed by atoms with Gasteiger partial charge in [0.15, 0.2) is 0 Å². The molecule has 1 aromatic rings. The largest absolute Gasteiger partial charge is 0.508 e. The monoisotopic (exact) mass is 194 g/mol. The van der Waals surface area contributed by atoms with Gasteiger partial charge in [-0.3, -0.25) is 0 Å². The van der Waals surface area contributed by atoms with E-state index < -0.39 is 0 Å². The third-order valence-electron chi connectivity index (χ3n) is 2.16. The molecular formula is C10H14N2O2. The Morgan fingerprint density at radius 2 is 2.00 bits per heavy atom. The molecule has 0 amide bonds. The number of hydrogen-bond acceptors (Lipinski definition) is 4. The van der Waals surface area contributed by atoms with Crippen LogP contribution in [0.25, 0.3) is 0 Å². The Morgan fingerprint density at radius 1 is 1.36 bits per heavy atom. The Hall–Kier alpha value is -1.71. The van der Waals surface area contributed by atoms with E-state index in [4.69, 9.17) is 5.84 Å². The van der Waals surface area contributed by atoms with E-state index in [9.17, 15) is 10.2 Å². The van der Waals surface area contributed by atoms with E-state index >= 15 is 0 Å². The molecule has 76 valence electrons. The fourth-order valence-electron chi connectivity index (χ4n) is 1.26. The van der Waals surface area contributed by atoms with Gasteiger partial charge in [0.25, 0.3) is 0 Å². The van der Waals surface area contributed by atoms with E-state index in [1.54, 1.807) is 13.0 Å². The molecule has 4 heteroatoms. The molecule has 4 N–H and O–H groups in total. The highest BCUT2D eigenvalue weighted by Gasteiger charge is 2.09. The zero-order chi connectivity index (χ0) is 10.7. The van der Waals surface area contributed by atoms with E-state index in [0.717, 1.165) is 5.56 Å². The maximum Gasteiger partial charge on any atom is 0.128 e. The summed E-state index contributed by atoms with van der Waals surface area (Å²) in [6.45, 7) is 3.62. The highest BCUT2D eigenvalue weighted by Crippen LogP contribution is 2.28. The molecule has 4 nitrogen and oxygen atoms in total. The first-order valence-electron chi connectivity index (χ1n) is 4.39. The number of benzene rings is 1. The predicted octanol–water partition coefficient (Wildman–Crippen LogP) is 1.34. The van der Waals surface area contributed by atoms with Crippen LogP contribution in [0.2, 0.25) is 0 Å². The molecule has 0 fully saturated rings. The van der Waals surface area contributed by atoms with Crippen LogP contribution in [-0.4, -0.2) is 15.9 Å². The highest BCUT2D eigenvalue weighted by molar-refractivity contribution is 6.01. The van der Waals surface area contributed by atoms with Gasteiger partial charge in [0.2, 0.25) is 0 Å². The summed E-state index contributed by atoms with van der Waals surface area (Å²) < 4.78 is 0. The Bertz CT molecular complexity index is 373. The Labute approximate surface area is 82.7 Å². The van der Waals surface area contributed by atoms with Gasteiger partial charge in [-0.15, -0.1) is 0 Å². The maximum absolute atomic E-state index is 9.52. The summed E-state index contributed by atoms with van der Waals surface area (Å²) in [6, 6.07) is 3.00. The molecule has 0 radical (unpaired) electrons. The van der Waals surface area contributed by atoms with Crippen LogP contribution in [0.15, 0.2) is 17.2 Å². The van der Waals surface area contributed by atoms with Gasteiger partial charge < -0.3 is 16.1 Å². The molecule has 0 aromatic heterocycles. The molecule has 0 aliphatic heterocycles. The lowest BCUT2D eigenvalue weighted by atomic mass is 10.0. The van der Waals surface area contributed by atoms with Crippen molar-refractivity contribution in [2.75, 3.05) is 0 Å². The second-order valence-electron chi connectivity index (χ2n) is 3.07. The topological polar surface area (TPSA) is 78.8 Å². The summed E-state index contributed by atoms with van der Waals surface area (Å²) in [6.07, 6.45) is 0.691. The number of hydrazone groups is 1. The van der Waals surface area contributed by atoms with E-state index in [1.807, 2.05) is 6.92 Å². The minimum atomic E-state index is -0.00796. The van der Waals surface area contributed by atoms with E-state index in [0.29, 0.717) is 17.7 Å². The fraction of sp³-hybridized carbons (Fsp3) is 0.300. The Morgan fingerprint density at radius 3 is 2.50 bits per heavy atom. The molecule has 1 aromatic carbocycles. The predicted molar refractivity (Wildman–Crippen MR) is 55.5 cm³/mol. The second kappa shape index (κ2) is 4.00. The van der Waals surface area contributed by atoms with Crippen molar-refractivity contribution in [3.63, 3.8) is 0 Å². The number of nitrogens with zero attached hydrogens (tertiary/aromatic N) is 1. The van der Waals surface area contributed by atoms with Crippen LogP contribution in [0.3, 0.4) is 0 Å². The lowest BCUT2D eigenvalue weighted by Crippen LogP contribution is -2.00. The maximum atomic E-state index is 9.52. The van der Waals surface area contributed by atoms with Crippen LogP contribution in [0.1, 0.15) is 25.0 Å². The van der Waals surface area contributed by atoms with Crippen molar-refractivity contribution in [2.24, 2.45) is 10.9 Å². The second-order valence-corrected chi connectivity index (χ2v) is 3.07. The van der Waals surface area contributed by atoms with Gasteiger partial charge in [-0.05, 0) is 25.0 Å². The number of nitrogens with two attached hydrogens (primary N) is 1. The molecule has 0 spiro atoms. The molecule has 0 bridgehead atoms. The summed E-state index contributed by atoms with van der Waals surface area (Å²) in [4.78, 5) is 0. The van der Waals surface area contributed by atoms with Crippen molar-refractivity contribution in [2.45, 2.75) is 20.3 Å². The van der Waals surface area contributed by atoms with Gasteiger partial charge in [-0.25, -0.2) is 0 Å². The van der Waals surface area contributed by atoms with Gasteiger partial charge >= 0.3 is 0 Å². The summed E-state index contributed by atoms with van der Waals surface area (Å²) in [5.74, 6) is 5.20. The van der Waals surface area contributed by atoms with Crippen LogP contribution < -0.4 is 5.84 Å². The summed E-state index contributed by atoms with van der Waals surface area (Å²) in [5.41, 5.74) is 1.86. The van der Waals surface area contributed by atoms with Crippen molar-refractivity contribution in [1.29, 1.82) is 0 Å². The van der Waals surface area contributed by atoms with E-state index in [-0.39, 0.29) is 11.5 Å². The Kier molecular flexibility index (Phi) is 2.96. The SMILES string of the molecule is CCc1cc(/C(C)=N/N)c(O)cc1O. The molecule has 1 rings (SSSR count). The number of phenols is 2. The smallest absolute Gasteiger partial charge is 0.128 e. The minimum absolute atomic E-state index is 0.00796. The zero-order valence-electron chi connectivity index (χ0n) is 8.28. The molecule has 0 aliphatic carbocycles. The quantitative estimate of drug-likeness (QED) is 0.377. The number of hydrogen-bond donors (Lipinski definition) is 3. The molecule has 0 saturated carbocycles. The van der Waals surface area contributed by atoms with Gasteiger partial charge in [-0.2, -0.15) is 5.10 Å². The van der Waals surface area contributed by atoms with E-state index in [2.05, 4.69) is 5.10 Å². The first-order chi connectivity index (χ1) is 6.60. The number of phenolic OH excluding ortho intramolecular Hbond substituents is 2. The van der Waals surface area contributed by atoms with Crippen LogP contribution in [-0.2, 0) is 6.42 Å². The van der Waals surface area contributed by atoms with Crippen molar-refractivity contribution in [3.05, 3.63) is 23.3 Å². The molecule has 0 unspecified atom stereocenters. The van der Waals surface area contributed by atoms with Crippen molar-refractivity contribution in [1.82, 2.24) is 0 Å². The van der Waals surface area contributed by atoms with Gasteiger partial charge in [0, 0.05) is 11.6 Å². The van der Waals surface area contributed by atoms with Crippen molar-refractivity contribution < 1.29 is 10.2 Å². The lowest BCUT2D eigenvalue weighted by molar-refractivity contribution is 0.445. The first-order valence-corrected chi connectivity index (χ1v) is 4.39. The zero-order valence-corrected chi connectivity index (χ0v) is 8.28. The molecule has 0 heterocycles. The van der Waals surface area contributed by atoms with Gasteiger partial charge in [-0.1, -0.05) is 6.92 Å². The average molecular weight is 194 g/mol. The van der Waals surface area contributed by atoms with Crippen LogP contribution >= 0.6 is 0 Å². The summed E-state index contributed by atoms with van der Waals surface area (Å²) in [5, 5.41) is 22.5. The minimum Gasteiger partial charge on any atom is -0.508 e. The van der Waals surface area contributed by atoms with Crippen LogP contribution in [0.5, 0.6) is 11.5 Å². The van der Waals surface area contributed by atoms with Crippen LogP contribution in [0, 0.1) is 0 Å². The molecule has 0 atom stereocenters. The van der Waals surface area contributed by atoms with Crippen LogP contribution in [0.4, 0.5) is 0 Å². The number of aromatic hydroxyl groups is 2. The van der Waals surface area contributed by atoms with E-state index in [1.165, 1.54) is 6.07 Å². The van der Waals surface area contributed by atoms with Gasteiger partial charge in [0.05, 0.1) is 5.71 Å². The first kappa shape index (κ1) is 10.4.